The molecule has 0 heterocycles. The van der Waals surface area contributed by atoms with E-state index in [0.717, 1.165) is 17.5 Å². The molecule has 2 nitrogen and oxygen atoms in total. The van der Waals surface area contributed by atoms with E-state index in [-0.39, 0.29) is 5.75 Å². The molecule has 2 aromatic rings. The molecule has 0 aromatic heterocycles. The van der Waals surface area contributed by atoms with Crippen LogP contribution in [0.4, 0.5) is 13.2 Å². The van der Waals surface area contributed by atoms with Gasteiger partial charge in [0.1, 0.15) is 5.75 Å². The third-order valence-corrected chi connectivity index (χ3v) is 3.99. The first kappa shape index (κ1) is 19.1. The second-order valence-electron chi connectivity index (χ2n) is 6.19. The van der Waals surface area contributed by atoms with E-state index < -0.39 is 11.9 Å². The molecule has 0 radical (unpaired) electrons. The normalized spacial score (nSPS) is 14.5. The van der Waals surface area contributed by atoms with Crippen molar-refractivity contribution in [3.05, 3.63) is 71.3 Å². The molecule has 0 bridgehead atoms. The Morgan fingerprint density at radius 2 is 1.60 bits per heavy atom. The summed E-state index contributed by atoms with van der Waals surface area (Å²) in [6.07, 6.45) is 0.678. The zero-order chi connectivity index (χ0) is 18.5. The Hall–Kier alpha value is -2.27. The summed E-state index contributed by atoms with van der Waals surface area (Å²) in [5.74, 6) is -0.232. The maximum absolute atomic E-state index is 12.1. The number of aryl methyl sites for hydroxylation is 1. The first-order chi connectivity index (χ1) is 11.7. The minimum atomic E-state index is -4.67. The molecule has 0 saturated carbocycles. The first-order valence-corrected chi connectivity index (χ1v) is 8.10. The minimum absolute atomic E-state index is 0.232. The summed E-state index contributed by atoms with van der Waals surface area (Å²) in [7, 11) is 0. The summed E-state index contributed by atoms with van der Waals surface area (Å²) in [6.45, 7) is 4.06. The van der Waals surface area contributed by atoms with Gasteiger partial charge in [0.25, 0.3) is 0 Å². The van der Waals surface area contributed by atoms with Gasteiger partial charge < -0.3 is 10.5 Å². The molecular formula is C20H22F3NO. The highest BCUT2D eigenvalue weighted by Crippen LogP contribution is 2.25. The van der Waals surface area contributed by atoms with Crippen molar-refractivity contribution in [2.24, 2.45) is 5.73 Å². The van der Waals surface area contributed by atoms with Crippen LogP contribution in [0, 0.1) is 0 Å². The van der Waals surface area contributed by atoms with E-state index in [9.17, 15) is 13.2 Å². The lowest BCUT2D eigenvalue weighted by atomic mass is 9.88. The van der Waals surface area contributed by atoms with Crippen molar-refractivity contribution in [3.63, 3.8) is 0 Å². The quantitative estimate of drug-likeness (QED) is 0.755. The summed E-state index contributed by atoms with van der Waals surface area (Å²) in [5, 5.41) is 0. The average Bonchev–Trinajstić information content (AvgIpc) is 2.55. The number of rotatable bonds is 6. The predicted molar refractivity (Wildman–Crippen MR) is 94.1 cm³/mol. The van der Waals surface area contributed by atoms with Gasteiger partial charge in [0.15, 0.2) is 0 Å². The molecular weight excluding hydrogens is 327 g/mol. The van der Waals surface area contributed by atoms with Crippen molar-refractivity contribution >= 4 is 6.08 Å². The van der Waals surface area contributed by atoms with Gasteiger partial charge in [-0.3, -0.25) is 0 Å². The number of halogens is 3. The van der Waals surface area contributed by atoms with Crippen molar-refractivity contribution < 1.29 is 17.9 Å². The van der Waals surface area contributed by atoms with Crippen LogP contribution in [0.1, 0.15) is 37.0 Å². The second-order valence-corrected chi connectivity index (χ2v) is 6.19. The predicted octanol–water partition coefficient (Wildman–Crippen LogP) is 5.43. The summed E-state index contributed by atoms with van der Waals surface area (Å²) >= 11 is 0. The van der Waals surface area contributed by atoms with Crippen LogP contribution in [-0.2, 0) is 12.0 Å². The van der Waals surface area contributed by atoms with E-state index in [2.05, 4.69) is 23.8 Å². The van der Waals surface area contributed by atoms with E-state index in [4.69, 9.17) is 5.73 Å². The summed E-state index contributed by atoms with van der Waals surface area (Å²) in [5.41, 5.74) is 8.97. The molecule has 2 N–H and O–H groups in total. The first-order valence-electron chi connectivity index (χ1n) is 8.10. The number of alkyl halides is 3. The van der Waals surface area contributed by atoms with E-state index in [1.165, 1.54) is 17.7 Å². The molecule has 2 aromatic carbocycles. The molecule has 0 amide bonds. The molecule has 0 aliphatic carbocycles. The van der Waals surface area contributed by atoms with Crippen molar-refractivity contribution in [3.8, 4) is 5.75 Å². The molecule has 0 aliphatic heterocycles. The summed E-state index contributed by atoms with van der Waals surface area (Å²) < 4.78 is 40.3. The van der Waals surface area contributed by atoms with E-state index in [1.54, 1.807) is 12.1 Å². The third kappa shape index (κ3) is 5.94. The lowest BCUT2D eigenvalue weighted by molar-refractivity contribution is -0.274. The largest absolute Gasteiger partial charge is 0.573 e. The highest BCUT2D eigenvalue weighted by molar-refractivity contribution is 5.51. The Morgan fingerprint density at radius 1 is 1.00 bits per heavy atom. The molecule has 2 rings (SSSR count). The Kier molecular flexibility index (Phi) is 5.90. The third-order valence-electron chi connectivity index (χ3n) is 3.99. The monoisotopic (exact) mass is 349 g/mol. The van der Waals surface area contributed by atoms with Gasteiger partial charge in [0, 0.05) is 5.54 Å². The lowest BCUT2D eigenvalue weighted by Gasteiger charge is -2.24. The van der Waals surface area contributed by atoms with Gasteiger partial charge in [-0.2, -0.15) is 0 Å². The van der Waals surface area contributed by atoms with Gasteiger partial charge >= 0.3 is 6.36 Å². The number of ether oxygens (including phenoxy) is 1. The van der Waals surface area contributed by atoms with Crippen molar-refractivity contribution in [2.45, 2.75) is 38.6 Å². The van der Waals surface area contributed by atoms with Crippen molar-refractivity contribution in [1.29, 1.82) is 0 Å². The van der Waals surface area contributed by atoms with Gasteiger partial charge in [0.05, 0.1) is 0 Å². The summed E-state index contributed by atoms with van der Waals surface area (Å²) in [6, 6.07) is 13.9. The molecule has 0 aliphatic rings. The van der Waals surface area contributed by atoms with Crippen LogP contribution in [0.15, 0.2) is 54.6 Å². The molecule has 5 heteroatoms. The fourth-order valence-electron chi connectivity index (χ4n) is 2.46. The molecule has 1 unspecified atom stereocenters. The number of hydrogen-bond acceptors (Lipinski definition) is 2. The van der Waals surface area contributed by atoms with Crippen LogP contribution in [0.5, 0.6) is 5.75 Å². The van der Waals surface area contributed by atoms with Crippen LogP contribution in [0.2, 0.25) is 0 Å². The maximum Gasteiger partial charge on any atom is 0.573 e. The van der Waals surface area contributed by atoms with Crippen LogP contribution >= 0.6 is 0 Å². The van der Waals surface area contributed by atoms with E-state index >= 15 is 0 Å². The fourth-order valence-corrected chi connectivity index (χ4v) is 2.46. The van der Waals surface area contributed by atoms with Gasteiger partial charge in [-0.05, 0) is 48.6 Å². The molecule has 25 heavy (non-hydrogen) atoms. The highest BCUT2D eigenvalue weighted by Gasteiger charge is 2.30. The molecule has 0 saturated heterocycles. The lowest BCUT2D eigenvalue weighted by Crippen LogP contribution is -2.32. The van der Waals surface area contributed by atoms with Crippen molar-refractivity contribution in [2.75, 3.05) is 0 Å². The van der Waals surface area contributed by atoms with E-state index in [0.29, 0.717) is 6.42 Å². The zero-order valence-electron chi connectivity index (χ0n) is 14.3. The Morgan fingerprint density at radius 3 is 2.12 bits per heavy atom. The van der Waals surface area contributed by atoms with Gasteiger partial charge in [0.2, 0.25) is 0 Å². The zero-order valence-corrected chi connectivity index (χ0v) is 14.3. The van der Waals surface area contributed by atoms with Crippen LogP contribution in [-0.4, -0.2) is 6.36 Å². The van der Waals surface area contributed by atoms with Gasteiger partial charge in [-0.25, -0.2) is 0 Å². The molecule has 134 valence electrons. The SMILES string of the molecule is CCc1ccc(C(C)(N)C/C=C/c2ccc(OC(F)(F)F)cc2)cc1. The van der Waals surface area contributed by atoms with Crippen LogP contribution < -0.4 is 10.5 Å². The van der Waals surface area contributed by atoms with E-state index in [1.807, 2.05) is 31.2 Å². The number of nitrogens with two attached hydrogens (primary N) is 1. The fraction of sp³-hybridized carbons (Fsp3) is 0.300. The van der Waals surface area contributed by atoms with Gasteiger partial charge in [-0.1, -0.05) is 55.5 Å². The van der Waals surface area contributed by atoms with Crippen LogP contribution in [0.3, 0.4) is 0 Å². The molecule has 1 atom stereocenters. The number of benzene rings is 2. The molecule has 0 fully saturated rings. The summed E-state index contributed by atoms with van der Waals surface area (Å²) in [4.78, 5) is 0. The Balaban J connectivity index is 1.99. The Labute approximate surface area is 146 Å². The number of hydrogen-bond donors (Lipinski definition) is 1. The topological polar surface area (TPSA) is 35.2 Å². The van der Waals surface area contributed by atoms with Gasteiger partial charge in [-0.15, -0.1) is 13.2 Å². The maximum atomic E-state index is 12.1. The smallest absolute Gasteiger partial charge is 0.406 e. The van der Waals surface area contributed by atoms with Crippen LogP contribution in [0.25, 0.3) is 6.08 Å². The second kappa shape index (κ2) is 7.74. The minimum Gasteiger partial charge on any atom is -0.406 e. The Bertz CT molecular complexity index is 701. The highest BCUT2D eigenvalue weighted by atomic mass is 19.4. The molecule has 0 spiro atoms. The average molecular weight is 349 g/mol. The standard InChI is InChI=1S/C20H22F3NO/c1-3-15-6-10-17(11-7-15)19(2,24)14-4-5-16-8-12-18(13-9-16)25-20(21,22)23/h4-13H,3,14,24H2,1-2H3/b5-4+. The van der Waals surface area contributed by atoms with Crippen molar-refractivity contribution in [1.82, 2.24) is 0 Å².